The summed E-state index contributed by atoms with van der Waals surface area (Å²) in [6.45, 7) is 0.624. The van der Waals surface area contributed by atoms with Gasteiger partial charge in [-0.1, -0.05) is 0 Å². The van der Waals surface area contributed by atoms with Crippen LogP contribution in [0.25, 0.3) is 5.69 Å². The minimum absolute atomic E-state index is 0.0573. The van der Waals surface area contributed by atoms with Crippen LogP contribution in [0.4, 0.5) is 0 Å². The predicted octanol–water partition coefficient (Wildman–Crippen LogP) is 2.53. The molecule has 1 aliphatic carbocycles. The lowest BCUT2D eigenvalue weighted by Crippen LogP contribution is -2.56. The van der Waals surface area contributed by atoms with Crippen molar-refractivity contribution in [2.24, 2.45) is 11.8 Å². The number of benzene rings is 1. The van der Waals surface area contributed by atoms with E-state index in [0.717, 1.165) is 24.9 Å². The Kier molecular flexibility index (Phi) is 5.48. The Labute approximate surface area is 165 Å². The van der Waals surface area contributed by atoms with Crippen LogP contribution < -0.4 is 10.6 Å². The van der Waals surface area contributed by atoms with Gasteiger partial charge < -0.3 is 19.9 Å². The molecule has 0 spiro atoms. The second-order valence-electron chi connectivity index (χ2n) is 7.88. The number of aromatic nitrogens is 1. The van der Waals surface area contributed by atoms with Gasteiger partial charge in [-0.25, -0.2) is 0 Å². The minimum atomic E-state index is -0.0573. The second-order valence-corrected chi connectivity index (χ2v) is 7.88. The summed E-state index contributed by atoms with van der Waals surface area (Å²) < 4.78 is 7.32. The molecule has 4 unspecified atom stereocenters. The van der Waals surface area contributed by atoms with Crippen molar-refractivity contribution in [3.63, 3.8) is 0 Å². The van der Waals surface area contributed by atoms with Crippen molar-refractivity contribution >= 4 is 11.8 Å². The Balaban J connectivity index is 1.37. The number of nitrogens with zero attached hydrogens (tertiary/aromatic N) is 1. The Morgan fingerprint density at radius 3 is 2.68 bits per heavy atom. The summed E-state index contributed by atoms with van der Waals surface area (Å²) >= 11 is 0. The van der Waals surface area contributed by atoms with Crippen LogP contribution in [0.15, 0.2) is 48.8 Å². The molecule has 2 aromatic rings. The lowest BCUT2D eigenvalue weighted by molar-refractivity contribution is -0.128. The zero-order valence-corrected chi connectivity index (χ0v) is 16.1. The topological polar surface area (TPSA) is 72.4 Å². The summed E-state index contributed by atoms with van der Waals surface area (Å²) in [6, 6.07) is 11.7. The maximum Gasteiger partial charge on any atom is 0.251 e. The molecule has 1 aromatic carbocycles. The first-order valence-electron chi connectivity index (χ1n) is 9.96. The number of rotatable bonds is 5. The van der Waals surface area contributed by atoms with Gasteiger partial charge in [0.1, 0.15) is 0 Å². The number of ether oxygens (including phenoxy) is 1. The molecule has 6 heteroatoms. The average molecular weight is 381 g/mol. The van der Waals surface area contributed by atoms with Crippen molar-refractivity contribution in [3.05, 3.63) is 54.4 Å². The standard InChI is InChI=1S/C22H27N3O3/c1-28-14-16-12-21(26)24-20-13-17(6-9-19(16)20)23-22(27)15-4-7-18(8-5-15)25-10-2-3-11-25/h2-5,7-8,10-11,16-17,19-20H,6,9,12-14H2,1H3,(H,23,27)(H,24,26). The maximum atomic E-state index is 12.7. The molecular weight excluding hydrogens is 354 g/mol. The largest absolute Gasteiger partial charge is 0.384 e. The number of hydrogen-bond donors (Lipinski definition) is 2. The van der Waals surface area contributed by atoms with E-state index in [9.17, 15) is 9.59 Å². The molecule has 28 heavy (non-hydrogen) atoms. The fourth-order valence-corrected chi connectivity index (χ4v) is 4.67. The average Bonchev–Trinajstić information content (AvgIpc) is 3.23. The van der Waals surface area contributed by atoms with E-state index in [0.29, 0.717) is 24.5 Å². The number of piperidine rings is 1. The Bertz CT molecular complexity index is 816. The van der Waals surface area contributed by atoms with Crippen molar-refractivity contribution in [2.75, 3.05) is 13.7 Å². The van der Waals surface area contributed by atoms with E-state index in [2.05, 4.69) is 10.6 Å². The van der Waals surface area contributed by atoms with Gasteiger partial charge in [-0.05, 0) is 67.5 Å². The number of nitrogens with one attached hydrogen (secondary N) is 2. The fourth-order valence-electron chi connectivity index (χ4n) is 4.67. The van der Waals surface area contributed by atoms with Gasteiger partial charge in [-0.15, -0.1) is 0 Å². The predicted molar refractivity (Wildman–Crippen MR) is 106 cm³/mol. The molecular formula is C22H27N3O3. The van der Waals surface area contributed by atoms with Crippen molar-refractivity contribution in [1.82, 2.24) is 15.2 Å². The molecule has 1 aromatic heterocycles. The molecule has 2 N–H and O–H groups in total. The summed E-state index contributed by atoms with van der Waals surface area (Å²) in [5, 5.41) is 6.28. The molecule has 4 rings (SSSR count). The number of hydrogen-bond acceptors (Lipinski definition) is 3. The van der Waals surface area contributed by atoms with E-state index in [1.54, 1.807) is 7.11 Å². The fraction of sp³-hybridized carbons (Fsp3) is 0.455. The first-order valence-corrected chi connectivity index (χ1v) is 9.96. The summed E-state index contributed by atoms with van der Waals surface area (Å²) in [5.41, 5.74) is 1.68. The van der Waals surface area contributed by atoms with E-state index >= 15 is 0 Å². The highest BCUT2D eigenvalue weighted by Gasteiger charge is 2.40. The first kappa shape index (κ1) is 18.7. The Morgan fingerprint density at radius 2 is 1.96 bits per heavy atom. The number of carbonyl (C=O) groups excluding carboxylic acids is 2. The Hall–Kier alpha value is -2.60. The number of fused-ring (bicyclic) bond motifs is 1. The lowest BCUT2D eigenvalue weighted by Gasteiger charge is -2.43. The first-order chi connectivity index (χ1) is 13.6. The second kappa shape index (κ2) is 8.19. The van der Waals surface area contributed by atoms with E-state index in [1.807, 2.05) is 53.4 Å². The SMILES string of the molecule is COCC1CC(=O)NC2CC(NC(=O)c3ccc(-n4cccc4)cc3)CCC12. The molecule has 6 nitrogen and oxygen atoms in total. The van der Waals surface area contributed by atoms with Crippen LogP contribution in [0.1, 0.15) is 36.0 Å². The molecule has 2 aliphatic rings. The van der Waals surface area contributed by atoms with Crippen molar-refractivity contribution < 1.29 is 14.3 Å². The molecule has 1 aliphatic heterocycles. The summed E-state index contributed by atoms with van der Waals surface area (Å²) in [6.07, 6.45) is 7.20. The number of amides is 2. The van der Waals surface area contributed by atoms with E-state index in [-0.39, 0.29) is 29.8 Å². The summed E-state index contributed by atoms with van der Waals surface area (Å²) in [7, 11) is 1.69. The van der Waals surface area contributed by atoms with Gasteiger partial charge in [-0.2, -0.15) is 0 Å². The van der Waals surface area contributed by atoms with E-state index < -0.39 is 0 Å². The summed E-state index contributed by atoms with van der Waals surface area (Å²) in [5.74, 6) is 0.752. The van der Waals surface area contributed by atoms with Crippen molar-refractivity contribution in [1.29, 1.82) is 0 Å². The van der Waals surface area contributed by atoms with Crippen LogP contribution in [0.3, 0.4) is 0 Å². The van der Waals surface area contributed by atoms with Gasteiger partial charge in [0.15, 0.2) is 0 Å². The van der Waals surface area contributed by atoms with Gasteiger partial charge >= 0.3 is 0 Å². The molecule has 1 saturated heterocycles. The third-order valence-corrected chi connectivity index (χ3v) is 6.05. The number of methoxy groups -OCH3 is 1. The summed E-state index contributed by atoms with van der Waals surface area (Å²) in [4.78, 5) is 24.7. The highest BCUT2D eigenvalue weighted by Crippen LogP contribution is 2.35. The molecule has 0 bridgehead atoms. The van der Waals surface area contributed by atoms with Crippen LogP contribution in [0, 0.1) is 11.8 Å². The monoisotopic (exact) mass is 381 g/mol. The van der Waals surface area contributed by atoms with Gasteiger partial charge in [0.2, 0.25) is 5.91 Å². The van der Waals surface area contributed by atoms with Crippen LogP contribution >= 0.6 is 0 Å². The van der Waals surface area contributed by atoms with Gasteiger partial charge in [0, 0.05) is 55.9 Å². The quantitative estimate of drug-likeness (QED) is 0.836. The Morgan fingerprint density at radius 1 is 1.21 bits per heavy atom. The molecule has 2 fully saturated rings. The van der Waals surface area contributed by atoms with Crippen LogP contribution in [-0.2, 0) is 9.53 Å². The molecule has 2 heterocycles. The van der Waals surface area contributed by atoms with Crippen LogP contribution in [-0.4, -0.2) is 42.2 Å². The van der Waals surface area contributed by atoms with Crippen molar-refractivity contribution in [2.45, 2.75) is 37.8 Å². The van der Waals surface area contributed by atoms with Gasteiger partial charge in [-0.3, -0.25) is 9.59 Å². The van der Waals surface area contributed by atoms with E-state index in [1.165, 1.54) is 0 Å². The third kappa shape index (κ3) is 3.97. The van der Waals surface area contributed by atoms with Crippen LogP contribution in [0.5, 0.6) is 0 Å². The third-order valence-electron chi connectivity index (χ3n) is 6.05. The van der Waals surface area contributed by atoms with Gasteiger partial charge in [0.25, 0.3) is 5.91 Å². The molecule has 2 amide bonds. The molecule has 148 valence electrons. The van der Waals surface area contributed by atoms with E-state index in [4.69, 9.17) is 4.74 Å². The normalized spacial score (nSPS) is 27.0. The highest BCUT2D eigenvalue weighted by atomic mass is 16.5. The lowest BCUT2D eigenvalue weighted by atomic mass is 9.71. The zero-order valence-electron chi connectivity index (χ0n) is 16.1. The highest BCUT2D eigenvalue weighted by molar-refractivity contribution is 5.94. The molecule has 1 saturated carbocycles. The number of carbonyl (C=O) groups is 2. The van der Waals surface area contributed by atoms with Gasteiger partial charge in [0.05, 0.1) is 0 Å². The molecule has 4 atom stereocenters. The smallest absolute Gasteiger partial charge is 0.251 e. The zero-order chi connectivity index (χ0) is 19.5. The van der Waals surface area contributed by atoms with Crippen molar-refractivity contribution in [3.8, 4) is 5.69 Å². The maximum absolute atomic E-state index is 12.7. The van der Waals surface area contributed by atoms with Crippen LogP contribution in [0.2, 0.25) is 0 Å². The minimum Gasteiger partial charge on any atom is -0.384 e. The molecule has 0 radical (unpaired) electrons.